The molecule has 2 N–H and O–H groups in total. The highest BCUT2D eigenvalue weighted by Crippen LogP contribution is 2.64. The Balaban J connectivity index is 0.000000178. The number of carbonyl (C=O) groups is 11. The van der Waals surface area contributed by atoms with Gasteiger partial charge in [0.25, 0.3) is 10.1 Å². The summed E-state index contributed by atoms with van der Waals surface area (Å²) in [5.41, 5.74) is -5.88. The first-order chi connectivity index (χ1) is 63.7. The molecular weight excluding hydrogens is 1790 g/mol. The molecule has 16 aliphatic carbocycles. The third kappa shape index (κ3) is 27.8. The zero-order valence-electron chi connectivity index (χ0n) is 90.0. The van der Waals surface area contributed by atoms with E-state index in [-0.39, 0.29) is 97.9 Å². The van der Waals surface area contributed by atoms with Crippen LogP contribution in [0.3, 0.4) is 0 Å². The Morgan fingerprint density at radius 2 is 0.696 bits per heavy atom. The topological polar surface area (TPSA) is 373 Å². The van der Waals surface area contributed by atoms with Gasteiger partial charge in [-0.05, 0) is 390 Å². The number of aliphatic hydroxyl groups is 2. The molecule has 19 rings (SSSR count). The van der Waals surface area contributed by atoms with Crippen molar-refractivity contribution in [2.75, 3.05) is 19.8 Å². The molecule has 0 radical (unpaired) electrons. The molecule has 0 aromatic rings. The van der Waals surface area contributed by atoms with Crippen molar-refractivity contribution in [3.05, 3.63) is 0 Å². The maximum Gasteiger partial charge on any atom is 0.347 e. The second-order valence-electron chi connectivity index (χ2n) is 50.9. The molecule has 790 valence electrons. The maximum absolute atomic E-state index is 12.8. The molecule has 138 heavy (non-hydrogen) atoms. The number of fused-ring (bicyclic) bond motifs is 1. The molecule has 11 atom stereocenters. The van der Waals surface area contributed by atoms with E-state index < -0.39 is 109 Å². The van der Waals surface area contributed by atoms with Crippen LogP contribution >= 0.6 is 0 Å². The number of cyclic esters (lactones) is 2. The molecule has 14 bridgehead atoms. The van der Waals surface area contributed by atoms with E-state index in [0.717, 1.165) is 121 Å². The quantitative estimate of drug-likeness (QED) is 0.0438. The van der Waals surface area contributed by atoms with Gasteiger partial charge in [-0.1, -0.05) is 69.2 Å². The van der Waals surface area contributed by atoms with Crippen molar-refractivity contribution in [2.45, 2.75) is 500 Å². The summed E-state index contributed by atoms with van der Waals surface area (Å²) in [5.74, 6) is 2.83. The van der Waals surface area contributed by atoms with Gasteiger partial charge in [-0.25, -0.2) is 14.4 Å². The number of carbonyl (C=O) groups excluding carboxylic acids is 11. The first-order valence-electron chi connectivity index (χ1n) is 53.4. The van der Waals surface area contributed by atoms with Gasteiger partial charge in [0.2, 0.25) is 12.2 Å². The smallest absolute Gasteiger partial charge is 0.347 e. The van der Waals surface area contributed by atoms with Gasteiger partial charge in [-0.3, -0.25) is 42.5 Å². The number of rotatable bonds is 27. The van der Waals surface area contributed by atoms with Crippen LogP contribution in [0.4, 0.5) is 0 Å². The minimum atomic E-state index is -3.53. The molecular formula is C110H182O27S. The van der Waals surface area contributed by atoms with Gasteiger partial charge in [0.1, 0.15) is 40.2 Å². The van der Waals surface area contributed by atoms with Gasteiger partial charge < -0.3 is 62.3 Å². The Kier molecular flexibility index (Phi) is 37.3. The van der Waals surface area contributed by atoms with Crippen molar-refractivity contribution in [3.63, 3.8) is 0 Å². The highest BCUT2D eigenvalue weighted by atomic mass is 32.2. The van der Waals surface area contributed by atoms with Crippen LogP contribution in [-0.4, -0.2) is 173 Å². The zero-order chi connectivity index (χ0) is 103. The molecule has 3 heterocycles. The molecule has 0 aromatic carbocycles. The molecule has 27 nitrogen and oxygen atoms in total. The van der Waals surface area contributed by atoms with Gasteiger partial charge in [0.15, 0.2) is 6.61 Å². The molecule has 11 unspecified atom stereocenters. The van der Waals surface area contributed by atoms with E-state index >= 15 is 0 Å². The molecule has 0 amide bonds. The van der Waals surface area contributed by atoms with Crippen molar-refractivity contribution < 1.29 is 128 Å². The first kappa shape index (κ1) is 116. The monoisotopic (exact) mass is 1970 g/mol. The fourth-order valence-corrected chi connectivity index (χ4v) is 26.1. The molecule has 3 saturated heterocycles. The van der Waals surface area contributed by atoms with E-state index in [4.69, 9.17) is 56.3 Å². The number of ether oxygens (including phenoxy) is 11. The first-order valence-corrected chi connectivity index (χ1v) is 54.8. The van der Waals surface area contributed by atoms with Gasteiger partial charge in [-0.2, -0.15) is 8.42 Å². The Labute approximate surface area is 827 Å². The Bertz CT molecular complexity index is 4120. The second kappa shape index (κ2) is 44.5. The summed E-state index contributed by atoms with van der Waals surface area (Å²) >= 11 is 0. The van der Waals surface area contributed by atoms with Crippen LogP contribution in [-0.2, 0) is 119 Å². The van der Waals surface area contributed by atoms with Crippen LogP contribution in [0.25, 0.3) is 0 Å². The number of esters is 11. The molecule has 28 heteroatoms. The summed E-state index contributed by atoms with van der Waals surface area (Å²) < 4.78 is 88.3. The summed E-state index contributed by atoms with van der Waals surface area (Å²) in [5, 5.41) is 20.9. The van der Waals surface area contributed by atoms with Gasteiger partial charge >= 0.3 is 65.7 Å². The summed E-state index contributed by atoms with van der Waals surface area (Å²) in [6.07, 6.45) is 32.5. The lowest BCUT2D eigenvalue weighted by molar-refractivity contribution is -0.231. The van der Waals surface area contributed by atoms with E-state index in [1.54, 1.807) is 41.5 Å². The average Bonchev–Trinajstić information content (AvgIpc) is 1.44. The number of hydrogen-bond acceptors (Lipinski definition) is 27. The van der Waals surface area contributed by atoms with Crippen LogP contribution in [0.5, 0.6) is 0 Å². The standard InChI is InChI=1S/C19H32O2.2C16H26O3.C15H22O7S.2C12H22O2.2C10H16O4/c1-6-18(4,5)17(20)21-19(12(2)3)15-8-13-7-14(10-15)11-16(19)9-13;2*1-4-14(2,3)13(17)19-16-8-11-5-12(9-16)7-15(18,6-11)10-16;1-4-15(2,3)14(17)20-7-11(16)21-12-8-5-9-10(6-8)23(18,19)22-13(9)12;2*1-5-11(2,3)10(13)14-12(4)8-6-7-9-12;2*1-4-10(2,3)9(12)14-7-5-6-13-8(7)11/h12-16H,6-11H2,1-5H3;2*11-12,18H,4-10H2,1-3H3;8-10,12-13H,4-7H2,1-3H3;2*5-9H2,1-4H3;2*7H,4-6H2,1-3H3. The highest BCUT2D eigenvalue weighted by Gasteiger charge is 2.67. The van der Waals surface area contributed by atoms with Crippen LogP contribution in [0.2, 0.25) is 0 Å². The van der Waals surface area contributed by atoms with Crippen LogP contribution in [0.1, 0.15) is 431 Å². The molecule has 19 aliphatic rings. The second-order valence-corrected chi connectivity index (χ2v) is 52.7. The normalized spacial score (nSPS) is 33.4. The lowest BCUT2D eigenvalue weighted by Crippen LogP contribution is -2.63. The Morgan fingerprint density at radius 3 is 1.00 bits per heavy atom. The Morgan fingerprint density at radius 1 is 0.391 bits per heavy atom. The molecule has 0 spiro atoms. The summed E-state index contributed by atoms with van der Waals surface area (Å²) in [4.78, 5) is 130. The van der Waals surface area contributed by atoms with Crippen molar-refractivity contribution in [3.8, 4) is 0 Å². The minimum absolute atomic E-state index is 0.0130. The summed E-state index contributed by atoms with van der Waals surface area (Å²) in [6.45, 7) is 55.1. The molecule has 0 aromatic heterocycles. The van der Waals surface area contributed by atoms with E-state index in [9.17, 15) is 71.4 Å². The molecule has 3 aliphatic heterocycles. The van der Waals surface area contributed by atoms with E-state index in [2.05, 4.69) is 34.6 Å². The lowest BCUT2D eigenvalue weighted by Gasteiger charge is -2.62. The van der Waals surface area contributed by atoms with Crippen molar-refractivity contribution in [2.24, 2.45) is 108 Å². The van der Waals surface area contributed by atoms with Crippen molar-refractivity contribution in [1.29, 1.82) is 0 Å². The minimum Gasteiger partial charge on any atom is -0.463 e. The van der Waals surface area contributed by atoms with E-state index in [0.29, 0.717) is 112 Å². The van der Waals surface area contributed by atoms with E-state index in [1.807, 2.05) is 118 Å². The van der Waals surface area contributed by atoms with Gasteiger partial charge in [0.05, 0.1) is 73.0 Å². The lowest BCUT2D eigenvalue weighted by atomic mass is 9.47. The SMILES string of the molecule is CCC(C)(C)C(=O)OC1(C(C)C)C2CC3CC(C2)CC1C3.CCC(C)(C)C(=O)OC1(C)CCCC1.CCC(C)(C)C(=O)OC1(C)CCCC1.CCC(C)(C)C(=O)OC12CC3CC(CC(O)(C3)C1)C2.CCC(C)(C)C(=O)OC12CC3CC(CC(O)(C3)C1)C2.CCC(C)(C)C(=O)OC1CCOC1=O.CCC(C)(C)C(=O)OC1CCOC1=O.CCC(C)(C)C(=O)OCC(=O)OC1C2CC3C1OS(=O)(=O)C3C2. The van der Waals surface area contributed by atoms with Crippen LogP contribution in [0, 0.1) is 108 Å². The largest absolute Gasteiger partial charge is 0.463 e. The highest BCUT2D eigenvalue weighted by molar-refractivity contribution is 7.87. The summed E-state index contributed by atoms with van der Waals surface area (Å²) in [6, 6.07) is 0. The van der Waals surface area contributed by atoms with Gasteiger partial charge in [-0.15, -0.1) is 0 Å². The summed E-state index contributed by atoms with van der Waals surface area (Å²) in [7, 11) is -3.53. The zero-order valence-corrected chi connectivity index (χ0v) is 90.8. The van der Waals surface area contributed by atoms with Crippen LogP contribution in [0.15, 0.2) is 0 Å². The number of hydrogen-bond donors (Lipinski definition) is 2. The predicted molar refractivity (Wildman–Crippen MR) is 522 cm³/mol. The van der Waals surface area contributed by atoms with Crippen molar-refractivity contribution >= 4 is 75.8 Å². The predicted octanol–water partition coefficient (Wildman–Crippen LogP) is 21.1. The Hall–Kier alpha value is -6.00. The fourth-order valence-electron chi connectivity index (χ4n) is 24.2. The van der Waals surface area contributed by atoms with Crippen LogP contribution < -0.4 is 0 Å². The third-order valence-electron chi connectivity index (χ3n) is 35.9. The third-order valence-corrected chi connectivity index (χ3v) is 37.7. The molecule has 19 fully saturated rings. The van der Waals surface area contributed by atoms with Gasteiger partial charge in [0, 0.05) is 37.5 Å². The van der Waals surface area contributed by atoms with E-state index in [1.165, 1.54) is 70.6 Å². The fraction of sp³-hybridized carbons (Fsp3) is 0.900. The van der Waals surface area contributed by atoms with Crippen molar-refractivity contribution in [1.82, 2.24) is 0 Å². The maximum atomic E-state index is 12.8. The average molecular weight is 1970 g/mol. The molecule has 16 saturated carbocycles.